The van der Waals surface area contributed by atoms with Crippen molar-refractivity contribution in [1.29, 1.82) is 0 Å². The first-order valence-electron chi connectivity index (χ1n) is 6.12. The lowest BCUT2D eigenvalue weighted by Gasteiger charge is -2.25. The molecule has 0 saturated carbocycles. The van der Waals surface area contributed by atoms with Crippen molar-refractivity contribution in [3.05, 3.63) is 16.1 Å². The number of aryl methyl sites for hydroxylation is 1. The maximum atomic E-state index is 12.0. The number of carbonyl (C=O) groups is 2. The molecule has 5 nitrogen and oxygen atoms in total. The fourth-order valence-electron chi connectivity index (χ4n) is 1.85. The third-order valence-corrected chi connectivity index (χ3v) is 3.24. The highest BCUT2D eigenvalue weighted by Crippen LogP contribution is 2.22. The molecule has 1 atom stereocenters. The van der Waals surface area contributed by atoms with Crippen LogP contribution >= 0.6 is 11.3 Å². The van der Waals surface area contributed by atoms with Gasteiger partial charge in [0.05, 0.1) is 11.4 Å². The molecule has 0 aliphatic heterocycles. The van der Waals surface area contributed by atoms with E-state index in [0.717, 1.165) is 5.01 Å². The van der Waals surface area contributed by atoms with E-state index in [4.69, 9.17) is 5.11 Å². The molecule has 0 aliphatic carbocycles. The van der Waals surface area contributed by atoms with Crippen molar-refractivity contribution in [2.24, 2.45) is 5.41 Å². The molecule has 0 saturated heterocycles. The second kappa shape index (κ2) is 6.14. The number of hydrogen-bond donors (Lipinski definition) is 2. The topological polar surface area (TPSA) is 79.3 Å². The normalized spacial score (nSPS) is 13.1. The van der Waals surface area contributed by atoms with Crippen LogP contribution in [0.25, 0.3) is 0 Å². The minimum absolute atomic E-state index is 0.0502. The number of amides is 1. The quantitative estimate of drug-likeness (QED) is 0.870. The van der Waals surface area contributed by atoms with E-state index in [1.165, 1.54) is 11.3 Å². The van der Waals surface area contributed by atoms with Gasteiger partial charge in [-0.05, 0) is 18.8 Å². The molecule has 0 bridgehead atoms. The Kier molecular flexibility index (Phi) is 5.05. The summed E-state index contributed by atoms with van der Waals surface area (Å²) in [6.45, 7) is 7.87. The fraction of sp³-hybridized carbons (Fsp3) is 0.615. The lowest BCUT2D eigenvalue weighted by Crippen LogP contribution is -2.39. The van der Waals surface area contributed by atoms with Gasteiger partial charge in [0.15, 0.2) is 0 Å². The minimum atomic E-state index is -0.913. The monoisotopic (exact) mass is 284 g/mol. The first-order chi connectivity index (χ1) is 8.67. The first-order valence-corrected chi connectivity index (χ1v) is 7.00. The lowest BCUT2D eigenvalue weighted by atomic mass is 9.87. The molecule has 1 aromatic rings. The number of thiazole rings is 1. The number of aromatic nitrogens is 1. The second-order valence-corrected chi connectivity index (χ2v) is 6.85. The van der Waals surface area contributed by atoms with Crippen LogP contribution < -0.4 is 5.32 Å². The summed E-state index contributed by atoms with van der Waals surface area (Å²) in [4.78, 5) is 26.9. The zero-order chi connectivity index (χ0) is 14.6. The predicted molar refractivity (Wildman–Crippen MR) is 74.4 cm³/mol. The lowest BCUT2D eigenvalue weighted by molar-refractivity contribution is -0.137. The zero-order valence-electron chi connectivity index (χ0n) is 11.7. The molecule has 0 aliphatic rings. The number of aliphatic carboxylic acids is 1. The van der Waals surface area contributed by atoms with Crippen molar-refractivity contribution in [3.63, 3.8) is 0 Å². The first kappa shape index (κ1) is 15.6. The van der Waals surface area contributed by atoms with E-state index in [1.54, 1.807) is 5.38 Å². The van der Waals surface area contributed by atoms with E-state index >= 15 is 0 Å². The molecule has 1 amide bonds. The van der Waals surface area contributed by atoms with Gasteiger partial charge in [-0.25, -0.2) is 4.98 Å². The predicted octanol–water partition coefficient (Wildman–Crippen LogP) is 2.46. The zero-order valence-corrected chi connectivity index (χ0v) is 12.5. The summed E-state index contributed by atoms with van der Waals surface area (Å²) >= 11 is 1.40. The third kappa shape index (κ3) is 5.83. The van der Waals surface area contributed by atoms with Gasteiger partial charge < -0.3 is 10.4 Å². The number of carbonyl (C=O) groups excluding carboxylic acids is 1. The second-order valence-electron chi connectivity index (χ2n) is 5.78. The van der Waals surface area contributed by atoms with Gasteiger partial charge in [0.25, 0.3) is 5.91 Å². The van der Waals surface area contributed by atoms with Crippen LogP contribution in [0.5, 0.6) is 0 Å². The molecule has 0 fully saturated rings. The van der Waals surface area contributed by atoms with Gasteiger partial charge >= 0.3 is 5.97 Å². The molecule has 6 heteroatoms. The van der Waals surface area contributed by atoms with Crippen LogP contribution in [-0.2, 0) is 4.79 Å². The fourth-order valence-corrected chi connectivity index (χ4v) is 2.44. The smallest absolute Gasteiger partial charge is 0.305 e. The van der Waals surface area contributed by atoms with Crippen LogP contribution in [0, 0.1) is 12.3 Å². The van der Waals surface area contributed by atoms with Gasteiger partial charge in [0.1, 0.15) is 5.69 Å². The Morgan fingerprint density at radius 2 is 2.11 bits per heavy atom. The summed E-state index contributed by atoms with van der Waals surface area (Å²) in [5.41, 5.74) is 0.303. The molecule has 0 spiro atoms. The molecule has 1 heterocycles. The Bertz CT molecular complexity index is 463. The Morgan fingerprint density at radius 3 is 2.53 bits per heavy atom. The van der Waals surface area contributed by atoms with Crippen molar-refractivity contribution in [1.82, 2.24) is 10.3 Å². The highest BCUT2D eigenvalue weighted by Gasteiger charge is 2.23. The van der Waals surface area contributed by atoms with Gasteiger partial charge in [-0.3, -0.25) is 9.59 Å². The largest absolute Gasteiger partial charge is 0.481 e. The highest BCUT2D eigenvalue weighted by molar-refractivity contribution is 7.09. The SMILES string of the molecule is Cc1nc(C(=O)NC(CC(=O)O)CC(C)(C)C)cs1. The molecular formula is C13H20N2O3S. The summed E-state index contributed by atoms with van der Waals surface area (Å²) < 4.78 is 0. The van der Waals surface area contributed by atoms with E-state index in [-0.39, 0.29) is 23.8 Å². The number of nitrogens with zero attached hydrogens (tertiary/aromatic N) is 1. The van der Waals surface area contributed by atoms with Crippen LogP contribution in [0.1, 0.15) is 49.1 Å². The summed E-state index contributed by atoms with van der Waals surface area (Å²) in [5.74, 6) is -1.22. The molecule has 0 aromatic carbocycles. The van der Waals surface area contributed by atoms with Gasteiger partial charge in [-0.1, -0.05) is 20.8 Å². The molecule has 2 N–H and O–H groups in total. The Hall–Kier alpha value is -1.43. The summed E-state index contributed by atoms with van der Waals surface area (Å²) in [5, 5.41) is 14.2. The van der Waals surface area contributed by atoms with E-state index < -0.39 is 5.97 Å². The number of rotatable bonds is 5. The molecular weight excluding hydrogens is 264 g/mol. The average Bonchev–Trinajstić information content (AvgIpc) is 2.60. The maximum Gasteiger partial charge on any atom is 0.305 e. The van der Waals surface area contributed by atoms with E-state index in [0.29, 0.717) is 12.1 Å². The van der Waals surface area contributed by atoms with Gasteiger partial charge in [0.2, 0.25) is 0 Å². The third-order valence-electron chi connectivity index (χ3n) is 2.47. The van der Waals surface area contributed by atoms with E-state index in [2.05, 4.69) is 10.3 Å². The van der Waals surface area contributed by atoms with Gasteiger partial charge in [-0.15, -0.1) is 11.3 Å². The van der Waals surface area contributed by atoms with Crippen LogP contribution in [-0.4, -0.2) is 28.0 Å². The maximum absolute atomic E-state index is 12.0. The van der Waals surface area contributed by atoms with Crippen LogP contribution in [0.15, 0.2) is 5.38 Å². The molecule has 1 unspecified atom stereocenters. The van der Waals surface area contributed by atoms with Crippen LogP contribution in [0.4, 0.5) is 0 Å². The van der Waals surface area contributed by atoms with Gasteiger partial charge in [0, 0.05) is 11.4 Å². The average molecular weight is 284 g/mol. The van der Waals surface area contributed by atoms with E-state index in [1.807, 2.05) is 27.7 Å². The summed E-state index contributed by atoms with van der Waals surface area (Å²) in [6, 6.07) is -0.382. The van der Waals surface area contributed by atoms with E-state index in [9.17, 15) is 9.59 Å². The number of nitrogens with one attached hydrogen (secondary N) is 1. The number of carboxylic acid groups (broad SMARTS) is 1. The molecule has 1 rings (SSSR count). The number of hydrogen-bond acceptors (Lipinski definition) is 4. The summed E-state index contributed by atoms with van der Waals surface area (Å²) in [6.07, 6.45) is 0.528. The Balaban J connectivity index is 2.71. The Morgan fingerprint density at radius 1 is 1.47 bits per heavy atom. The molecule has 19 heavy (non-hydrogen) atoms. The standard InChI is InChI=1S/C13H20N2O3S/c1-8-14-10(7-19-8)12(18)15-9(5-11(16)17)6-13(2,3)4/h7,9H,5-6H2,1-4H3,(H,15,18)(H,16,17). The Labute approximate surface area is 117 Å². The minimum Gasteiger partial charge on any atom is -0.481 e. The van der Waals surface area contributed by atoms with Crippen molar-refractivity contribution in [2.45, 2.75) is 46.6 Å². The van der Waals surface area contributed by atoms with Crippen molar-refractivity contribution < 1.29 is 14.7 Å². The molecule has 106 valence electrons. The van der Waals surface area contributed by atoms with Crippen molar-refractivity contribution in [3.8, 4) is 0 Å². The van der Waals surface area contributed by atoms with Crippen LogP contribution in [0.3, 0.4) is 0 Å². The van der Waals surface area contributed by atoms with Crippen molar-refractivity contribution >= 4 is 23.2 Å². The molecule has 0 radical (unpaired) electrons. The molecule has 1 aromatic heterocycles. The van der Waals surface area contributed by atoms with Crippen molar-refractivity contribution in [2.75, 3.05) is 0 Å². The van der Waals surface area contributed by atoms with Crippen LogP contribution in [0.2, 0.25) is 0 Å². The number of carboxylic acids is 1. The summed E-state index contributed by atoms with van der Waals surface area (Å²) in [7, 11) is 0. The highest BCUT2D eigenvalue weighted by atomic mass is 32.1. The van der Waals surface area contributed by atoms with Gasteiger partial charge in [-0.2, -0.15) is 0 Å².